The summed E-state index contributed by atoms with van der Waals surface area (Å²) >= 11 is 0. The summed E-state index contributed by atoms with van der Waals surface area (Å²) in [5, 5.41) is 0. The van der Waals surface area contributed by atoms with Gasteiger partial charge in [-0.1, -0.05) is 30.4 Å². The molecule has 3 rings (SSSR count). The van der Waals surface area contributed by atoms with E-state index in [1.165, 1.54) is 0 Å². The van der Waals surface area contributed by atoms with Crippen LogP contribution in [0, 0.1) is 0 Å². The van der Waals surface area contributed by atoms with E-state index in [2.05, 4.69) is 4.72 Å². The van der Waals surface area contributed by atoms with Crippen LogP contribution in [0.15, 0.2) is 53.5 Å². The van der Waals surface area contributed by atoms with Crippen LogP contribution in [-0.4, -0.2) is 20.6 Å². The van der Waals surface area contributed by atoms with Gasteiger partial charge in [-0.15, -0.1) is 0 Å². The first-order chi connectivity index (χ1) is 8.17. The normalized spacial score (nSPS) is 28.7. The molecule has 0 radical (unpaired) electrons. The highest BCUT2D eigenvalue weighted by Gasteiger charge is 2.32. The van der Waals surface area contributed by atoms with Crippen LogP contribution in [0.5, 0.6) is 5.75 Å². The molecular weight excluding hydrogens is 238 g/mol. The molecule has 4 nitrogen and oxygen atoms in total. The van der Waals surface area contributed by atoms with Crippen LogP contribution < -0.4 is 9.46 Å². The fourth-order valence-electron chi connectivity index (χ4n) is 1.96. The fraction of sp³-hybridized carbons (Fsp3) is 0.167. The van der Waals surface area contributed by atoms with Crippen molar-refractivity contribution in [2.75, 3.05) is 0 Å². The second kappa shape index (κ2) is 3.72. The summed E-state index contributed by atoms with van der Waals surface area (Å²) in [6.07, 6.45) is 6.99. The van der Waals surface area contributed by atoms with Crippen molar-refractivity contribution in [2.24, 2.45) is 0 Å². The Morgan fingerprint density at radius 3 is 2.76 bits per heavy atom. The maximum atomic E-state index is 12.1. The summed E-state index contributed by atoms with van der Waals surface area (Å²) in [7, 11) is -3.51. The number of para-hydroxylation sites is 1. The van der Waals surface area contributed by atoms with E-state index in [0.717, 1.165) is 0 Å². The Morgan fingerprint density at radius 2 is 1.88 bits per heavy atom. The van der Waals surface area contributed by atoms with Crippen molar-refractivity contribution in [3.8, 4) is 5.75 Å². The van der Waals surface area contributed by atoms with Crippen LogP contribution in [0.3, 0.4) is 0 Å². The average Bonchev–Trinajstić information content (AvgIpc) is 2.42. The second-order valence-electron chi connectivity index (χ2n) is 3.95. The van der Waals surface area contributed by atoms with Crippen molar-refractivity contribution >= 4 is 10.0 Å². The Morgan fingerprint density at radius 1 is 1.12 bits per heavy atom. The molecule has 2 atom stereocenters. The van der Waals surface area contributed by atoms with Gasteiger partial charge in [-0.3, -0.25) is 0 Å². The third-order valence-electron chi connectivity index (χ3n) is 2.78. The molecule has 1 aromatic carbocycles. The first-order valence-electron chi connectivity index (χ1n) is 5.30. The molecular formula is C12H11NO3S. The molecule has 2 aliphatic rings. The lowest BCUT2D eigenvalue weighted by atomic mass is 10.1. The number of sulfonamides is 1. The molecule has 1 aromatic rings. The zero-order valence-corrected chi connectivity index (χ0v) is 9.72. The molecule has 1 heterocycles. The molecule has 0 bridgehead atoms. The van der Waals surface area contributed by atoms with E-state index in [1.807, 2.05) is 18.2 Å². The number of rotatable bonds is 0. The predicted molar refractivity (Wildman–Crippen MR) is 63.2 cm³/mol. The van der Waals surface area contributed by atoms with Crippen molar-refractivity contribution < 1.29 is 13.2 Å². The molecule has 0 saturated heterocycles. The van der Waals surface area contributed by atoms with Crippen molar-refractivity contribution in [3.63, 3.8) is 0 Å². The molecule has 0 spiro atoms. The van der Waals surface area contributed by atoms with Crippen LogP contribution in [0.2, 0.25) is 0 Å². The Bertz CT molecular complexity index is 604. The lowest BCUT2D eigenvalue weighted by Crippen LogP contribution is -2.42. The molecule has 0 amide bonds. The Labute approximate surface area is 99.7 Å². The second-order valence-corrected chi connectivity index (χ2v) is 5.63. The standard InChI is InChI=1S/C12H11NO3S/c14-17(15)12-8-4-3-7-11(12)16-10-6-2-1-5-9(10)13-17/h1-10,13H. The van der Waals surface area contributed by atoms with Crippen LogP contribution in [0.1, 0.15) is 0 Å². The predicted octanol–water partition coefficient (Wildman–Crippen LogP) is 1.22. The van der Waals surface area contributed by atoms with Gasteiger partial charge >= 0.3 is 0 Å². The third-order valence-corrected chi connectivity index (χ3v) is 4.28. The summed E-state index contributed by atoms with van der Waals surface area (Å²) in [5.41, 5.74) is 0. The highest BCUT2D eigenvalue weighted by molar-refractivity contribution is 7.89. The Hall–Kier alpha value is -1.59. The topological polar surface area (TPSA) is 55.4 Å². The van der Waals surface area contributed by atoms with Gasteiger partial charge in [0, 0.05) is 0 Å². The van der Waals surface area contributed by atoms with Gasteiger partial charge in [-0.25, -0.2) is 13.1 Å². The molecule has 0 saturated carbocycles. The van der Waals surface area contributed by atoms with E-state index in [4.69, 9.17) is 4.74 Å². The van der Waals surface area contributed by atoms with E-state index in [0.29, 0.717) is 5.75 Å². The summed E-state index contributed by atoms with van der Waals surface area (Å²) in [6.45, 7) is 0. The zero-order chi connectivity index (χ0) is 11.9. The van der Waals surface area contributed by atoms with Crippen LogP contribution in [0.4, 0.5) is 0 Å². The van der Waals surface area contributed by atoms with Gasteiger partial charge in [-0.05, 0) is 18.2 Å². The monoisotopic (exact) mass is 249 g/mol. The summed E-state index contributed by atoms with van der Waals surface area (Å²) in [4.78, 5) is 0.191. The fourth-order valence-corrected chi connectivity index (χ4v) is 3.30. The number of fused-ring (bicyclic) bond motifs is 2. The maximum Gasteiger partial charge on any atom is 0.244 e. The molecule has 0 fully saturated rings. The lowest BCUT2D eigenvalue weighted by molar-refractivity contribution is 0.226. The molecule has 0 aromatic heterocycles. The van der Waals surface area contributed by atoms with Crippen molar-refractivity contribution in [1.82, 2.24) is 4.72 Å². The SMILES string of the molecule is O=S1(=O)NC2C=CC=CC2Oc2ccccc21. The van der Waals surface area contributed by atoms with E-state index in [-0.39, 0.29) is 17.0 Å². The van der Waals surface area contributed by atoms with Crippen molar-refractivity contribution in [1.29, 1.82) is 0 Å². The summed E-state index contributed by atoms with van der Waals surface area (Å²) in [6, 6.07) is 6.31. The summed E-state index contributed by atoms with van der Waals surface area (Å²) in [5.74, 6) is 0.396. The van der Waals surface area contributed by atoms with E-state index in [1.54, 1.807) is 30.3 Å². The highest BCUT2D eigenvalue weighted by Crippen LogP contribution is 2.29. The maximum absolute atomic E-state index is 12.1. The number of nitrogens with one attached hydrogen (secondary N) is 1. The van der Waals surface area contributed by atoms with Gasteiger partial charge in [0.1, 0.15) is 16.7 Å². The smallest absolute Gasteiger partial charge is 0.244 e. The quantitative estimate of drug-likeness (QED) is 0.752. The Kier molecular flexibility index (Phi) is 2.31. The largest absolute Gasteiger partial charge is 0.483 e. The number of benzene rings is 1. The van der Waals surface area contributed by atoms with Crippen LogP contribution in [0.25, 0.3) is 0 Å². The number of hydrogen-bond acceptors (Lipinski definition) is 3. The molecule has 17 heavy (non-hydrogen) atoms. The van der Waals surface area contributed by atoms with E-state index < -0.39 is 10.0 Å². The highest BCUT2D eigenvalue weighted by atomic mass is 32.2. The van der Waals surface area contributed by atoms with E-state index in [9.17, 15) is 8.42 Å². The minimum atomic E-state index is -3.51. The minimum Gasteiger partial charge on any atom is -0.483 e. The molecule has 1 aliphatic carbocycles. The third kappa shape index (κ3) is 1.77. The van der Waals surface area contributed by atoms with Gasteiger partial charge in [-0.2, -0.15) is 0 Å². The first kappa shape index (κ1) is 10.6. The molecule has 1 aliphatic heterocycles. The average molecular weight is 249 g/mol. The molecule has 88 valence electrons. The molecule has 1 N–H and O–H groups in total. The number of allylic oxidation sites excluding steroid dienone is 2. The molecule has 2 unspecified atom stereocenters. The van der Waals surface area contributed by atoms with Gasteiger partial charge in [0.05, 0.1) is 6.04 Å². The van der Waals surface area contributed by atoms with Crippen molar-refractivity contribution in [3.05, 3.63) is 48.6 Å². The number of ether oxygens (including phenoxy) is 1. The van der Waals surface area contributed by atoms with Crippen molar-refractivity contribution in [2.45, 2.75) is 17.0 Å². The lowest BCUT2D eigenvalue weighted by Gasteiger charge is -2.21. The van der Waals surface area contributed by atoms with Crippen LogP contribution >= 0.6 is 0 Å². The minimum absolute atomic E-state index is 0.191. The van der Waals surface area contributed by atoms with E-state index >= 15 is 0 Å². The summed E-state index contributed by atoms with van der Waals surface area (Å²) < 4.78 is 32.5. The van der Waals surface area contributed by atoms with Gasteiger partial charge in [0.25, 0.3) is 0 Å². The zero-order valence-electron chi connectivity index (χ0n) is 8.91. The van der Waals surface area contributed by atoms with Gasteiger partial charge < -0.3 is 4.74 Å². The number of hydrogen-bond donors (Lipinski definition) is 1. The van der Waals surface area contributed by atoms with Gasteiger partial charge in [0.15, 0.2) is 0 Å². The Balaban J connectivity index is 2.14. The molecule has 5 heteroatoms. The van der Waals surface area contributed by atoms with Crippen LogP contribution in [-0.2, 0) is 10.0 Å². The first-order valence-corrected chi connectivity index (χ1v) is 6.78. The van der Waals surface area contributed by atoms with Gasteiger partial charge in [0.2, 0.25) is 10.0 Å².